The summed E-state index contributed by atoms with van der Waals surface area (Å²) < 4.78 is 0. The van der Waals surface area contributed by atoms with Crippen molar-refractivity contribution in [3.8, 4) is 11.3 Å². The molecule has 0 bridgehead atoms. The van der Waals surface area contributed by atoms with Crippen LogP contribution in [0.4, 0.5) is 5.13 Å². The molecular weight excluding hydrogens is 318 g/mol. The molecule has 118 valence electrons. The van der Waals surface area contributed by atoms with E-state index < -0.39 is 5.54 Å². The van der Waals surface area contributed by atoms with Crippen LogP contribution in [-0.2, 0) is 4.79 Å². The number of halogens is 1. The standard InChI is InChI=1S/C16H19N3OS.ClH/c17-16(9-5-2-6-10-16)14(20)19-15-18-13(11-21-15)12-7-3-1-4-8-12;/h1,3-4,7-8,11H,2,5-6,9-10,17H2,(H,18,19,20);1H. The molecule has 1 fully saturated rings. The average molecular weight is 338 g/mol. The first-order valence-corrected chi connectivity index (χ1v) is 8.17. The molecule has 1 aliphatic rings. The lowest BCUT2D eigenvalue weighted by atomic mass is 9.82. The van der Waals surface area contributed by atoms with E-state index in [1.807, 2.05) is 35.7 Å². The molecule has 3 rings (SSSR count). The van der Waals surface area contributed by atoms with Gasteiger partial charge in [-0.15, -0.1) is 23.7 Å². The number of anilines is 1. The van der Waals surface area contributed by atoms with Gasteiger partial charge in [0.05, 0.1) is 11.2 Å². The van der Waals surface area contributed by atoms with E-state index in [2.05, 4.69) is 10.3 Å². The number of carbonyl (C=O) groups is 1. The number of nitrogens with one attached hydrogen (secondary N) is 1. The van der Waals surface area contributed by atoms with Crippen molar-refractivity contribution >= 4 is 34.8 Å². The Morgan fingerprint density at radius 1 is 1.18 bits per heavy atom. The Labute approximate surface area is 140 Å². The Hall–Kier alpha value is -1.43. The van der Waals surface area contributed by atoms with Gasteiger partial charge in [0.25, 0.3) is 0 Å². The van der Waals surface area contributed by atoms with Crippen LogP contribution in [-0.4, -0.2) is 16.4 Å². The molecule has 4 nitrogen and oxygen atoms in total. The smallest absolute Gasteiger partial charge is 0.246 e. The van der Waals surface area contributed by atoms with Gasteiger partial charge in [-0.3, -0.25) is 4.79 Å². The van der Waals surface area contributed by atoms with Crippen LogP contribution >= 0.6 is 23.7 Å². The van der Waals surface area contributed by atoms with Crippen LogP contribution in [0, 0.1) is 0 Å². The van der Waals surface area contributed by atoms with Gasteiger partial charge >= 0.3 is 0 Å². The Kier molecular flexibility index (Phi) is 5.56. The van der Waals surface area contributed by atoms with E-state index in [1.165, 1.54) is 17.8 Å². The fraction of sp³-hybridized carbons (Fsp3) is 0.375. The number of rotatable bonds is 3. The van der Waals surface area contributed by atoms with E-state index in [4.69, 9.17) is 5.73 Å². The van der Waals surface area contributed by atoms with Crippen molar-refractivity contribution in [1.29, 1.82) is 0 Å². The van der Waals surface area contributed by atoms with Crippen molar-refractivity contribution in [3.63, 3.8) is 0 Å². The molecule has 2 aromatic rings. The van der Waals surface area contributed by atoms with Crippen molar-refractivity contribution < 1.29 is 4.79 Å². The zero-order valence-electron chi connectivity index (χ0n) is 12.2. The molecule has 1 amide bonds. The third-order valence-electron chi connectivity index (χ3n) is 3.99. The number of hydrogen-bond donors (Lipinski definition) is 2. The summed E-state index contributed by atoms with van der Waals surface area (Å²) >= 11 is 1.44. The number of nitrogens with two attached hydrogens (primary N) is 1. The molecule has 1 aromatic carbocycles. The number of hydrogen-bond acceptors (Lipinski definition) is 4. The lowest BCUT2D eigenvalue weighted by molar-refractivity contribution is -0.122. The summed E-state index contributed by atoms with van der Waals surface area (Å²) in [5, 5.41) is 5.46. The Bertz CT molecular complexity index is 623. The predicted molar refractivity (Wildman–Crippen MR) is 93.4 cm³/mol. The maximum atomic E-state index is 12.4. The molecule has 0 atom stereocenters. The molecule has 22 heavy (non-hydrogen) atoms. The van der Waals surface area contributed by atoms with Gasteiger partial charge in [0.15, 0.2) is 5.13 Å². The van der Waals surface area contributed by atoms with Gasteiger partial charge in [-0.05, 0) is 12.8 Å². The van der Waals surface area contributed by atoms with E-state index >= 15 is 0 Å². The first kappa shape index (κ1) is 16.9. The largest absolute Gasteiger partial charge is 0.317 e. The van der Waals surface area contributed by atoms with Gasteiger partial charge in [0.1, 0.15) is 0 Å². The molecule has 1 heterocycles. The monoisotopic (exact) mass is 337 g/mol. The SMILES string of the molecule is Cl.NC1(C(=O)Nc2nc(-c3ccccc3)cs2)CCCCC1. The maximum Gasteiger partial charge on any atom is 0.246 e. The summed E-state index contributed by atoms with van der Waals surface area (Å²) in [6, 6.07) is 9.94. The molecule has 1 saturated carbocycles. The normalized spacial score (nSPS) is 16.6. The molecule has 0 saturated heterocycles. The van der Waals surface area contributed by atoms with Crippen LogP contribution in [0.25, 0.3) is 11.3 Å². The van der Waals surface area contributed by atoms with Gasteiger partial charge in [-0.2, -0.15) is 0 Å². The van der Waals surface area contributed by atoms with Crippen molar-refractivity contribution in [3.05, 3.63) is 35.7 Å². The summed E-state index contributed by atoms with van der Waals surface area (Å²) in [6.45, 7) is 0. The first-order valence-electron chi connectivity index (χ1n) is 7.29. The van der Waals surface area contributed by atoms with Crippen LogP contribution in [0.5, 0.6) is 0 Å². The Balaban J connectivity index is 0.00000176. The van der Waals surface area contributed by atoms with E-state index in [1.54, 1.807) is 0 Å². The van der Waals surface area contributed by atoms with E-state index in [-0.39, 0.29) is 18.3 Å². The first-order chi connectivity index (χ1) is 10.2. The highest BCUT2D eigenvalue weighted by Crippen LogP contribution is 2.29. The molecule has 1 aliphatic carbocycles. The predicted octanol–water partition coefficient (Wildman–Crippen LogP) is 3.83. The van der Waals surface area contributed by atoms with Gasteiger partial charge in [-0.25, -0.2) is 4.98 Å². The molecule has 0 radical (unpaired) electrons. The number of thiazole rings is 1. The molecule has 0 unspecified atom stereocenters. The van der Waals surface area contributed by atoms with E-state index in [0.717, 1.165) is 36.9 Å². The topological polar surface area (TPSA) is 68.0 Å². The third kappa shape index (κ3) is 3.66. The second-order valence-electron chi connectivity index (χ2n) is 5.57. The summed E-state index contributed by atoms with van der Waals surface area (Å²) in [5.74, 6) is -0.101. The highest BCUT2D eigenvalue weighted by atomic mass is 35.5. The van der Waals surface area contributed by atoms with Gasteiger partial charge in [0.2, 0.25) is 5.91 Å². The number of amides is 1. The zero-order valence-corrected chi connectivity index (χ0v) is 13.9. The van der Waals surface area contributed by atoms with Gasteiger partial charge < -0.3 is 11.1 Å². The van der Waals surface area contributed by atoms with E-state index in [9.17, 15) is 4.79 Å². The van der Waals surface area contributed by atoms with Crippen LogP contribution in [0.1, 0.15) is 32.1 Å². The minimum Gasteiger partial charge on any atom is -0.317 e. The fourth-order valence-corrected chi connectivity index (χ4v) is 3.42. The van der Waals surface area contributed by atoms with Crippen molar-refractivity contribution in [1.82, 2.24) is 4.98 Å². The summed E-state index contributed by atoms with van der Waals surface area (Å²) in [5.41, 5.74) is 7.44. The molecule has 0 aliphatic heterocycles. The minimum absolute atomic E-state index is 0. The summed E-state index contributed by atoms with van der Waals surface area (Å²) in [7, 11) is 0. The van der Waals surface area contributed by atoms with Crippen LogP contribution < -0.4 is 11.1 Å². The average Bonchev–Trinajstić information content (AvgIpc) is 2.97. The Morgan fingerprint density at radius 3 is 2.55 bits per heavy atom. The zero-order chi connectivity index (χ0) is 14.7. The molecule has 1 aromatic heterocycles. The lowest BCUT2D eigenvalue weighted by Crippen LogP contribution is -2.52. The van der Waals surface area contributed by atoms with Crippen molar-refractivity contribution in [2.24, 2.45) is 5.73 Å². The second kappa shape index (κ2) is 7.22. The van der Waals surface area contributed by atoms with Crippen molar-refractivity contribution in [2.45, 2.75) is 37.6 Å². The number of nitrogens with zero attached hydrogens (tertiary/aromatic N) is 1. The lowest BCUT2D eigenvalue weighted by Gasteiger charge is -2.31. The summed E-state index contributed by atoms with van der Waals surface area (Å²) in [4.78, 5) is 16.8. The third-order valence-corrected chi connectivity index (χ3v) is 4.75. The number of benzene rings is 1. The highest BCUT2D eigenvalue weighted by molar-refractivity contribution is 7.14. The van der Waals surface area contributed by atoms with Crippen LogP contribution in [0.3, 0.4) is 0 Å². The van der Waals surface area contributed by atoms with Crippen molar-refractivity contribution in [2.75, 3.05) is 5.32 Å². The fourth-order valence-electron chi connectivity index (χ4n) is 2.70. The molecule has 0 spiro atoms. The molecule has 3 N–H and O–H groups in total. The highest BCUT2D eigenvalue weighted by Gasteiger charge is 2.35. The van der Waals surface area contributed by atoms with Crippen LogP contribution in [0.2, 0.25) is 0 Å². The van der Waals surface area contributed by atoms with Crippen LogP contribution in [0.15, 0.2) is 35.7 Å². The minimum atomic E-state index is -0.725. The second-order valence-corrected chi connectivity index (χ2v) is 6.43. The number of aromatic nitrogens is 1. The van der Waals surface area contributed by atoms with E-state index in [0.29, 0.717) is 5.13 Å². The molecular formula is C16H20ClN3OS. The summed E-state index contributed by atoms with van der Waals surface area (Å²) in [6.07, 6.45) is 4.74. The number of carbonyl (C=O) groups excluding carboxylic acids is 1. The quantitative estimate of drug-likeness (QED) is 0.894. The van der Waals surface area contributed by atoms with Gasteiger partial charge in [0, 0.05) is 10.9 Å². The molecule has 6 heteroatoms. The maximum absolute atomic E-state index is 12.4. The van der Waals surface area contributed by atoms with Gasteiger partial charge in [-0.1, -0.05) is 49.6 Å². The Morgan fingerprint density at radius 2 is 1.86 bits per heavy atom.